The van der Waals surface area contributed by atoms with E-state index in [-0.39, 0.29) is 6.61 Å². The summed E-state index contributed by atoms with van der Waals surface area (Å²) in [5.41, 5.74) is 1.91. The molecule has 0 radical (unpaired) electrons. The molecular weight excluding hydrogens is 324 g/mol. The number of hydrogen-bond acceptors (Lipinski definition) is 6. The van der Waals surface area contributed by atoms with Gasteiger partial charge >= 0.3 is 0 Å². The third-order valence-electron chi connectivity index (χ3n) is 4.00. The van der Waals surface area contributed by atoms with Crippen LogP contribution in [0.25, 0.3) is 0 Å². The number of pyridine rings is 1. The number of hydroxylamine groups is 2. The molecule has 0 N–H and O–H groups in total. The molecule has 25 heavy (non-hydrogen) atoms. The Kier molecular flexibility index (Phi) is 3.55. The molecule has 128 valence electrons. The summed E-state index contributed by atoms with van der Waals surface area (Å²) in [6, 6.07) is 10.1. The zero-order valence-electron chi connectivity index (χ0n) is 13.8. The number of benzene rings is 1. The zero-order valence-corrected chi connectivity index (χ0v) is 13.8. The number of carbonyl (C=O) groups excluding carboxylic acids is 2. The third kappa shape index (κ3) is 2.77. The van der Waals surface area contributed by atoms with E-state index in [2.05, 4.69) is 4.98 Å². The second-order valence-corrected chi connectivity index (χ2v) is 6.26. The Hall–Kier alpha value is -2.77. The summed E-state index contributed by atoms with van der Waals surface area (Å²) in [5.74, 6) is -0.966. The third-order valence-corrected chi connectivity index (χ3v) is 4.00. The van der Waals surface area contributed by atoms with Gasteiger partial charge in [0.1, 0.15) is 18.1 Å². The molecule has 0 spiro atoms. The van der Waals surface area contributed by atoms with E-state index in [0.29, 0.717) is 34.9 Å². The van der Waals surface area contributed by atoms with Gasteiger partial charge in [0.05, 0.1) is 23.4 Å². The van der Waals surface area contributed by atoms with Gasteiger partial charge in [-0.2, -0.15) is 0 Å². The highest BCUT2D eigenvalue weighted by Crippen LogP contribution is 2.30. The van der Waals surface area contributed by atoms with Crippen molar-refractivity contribution in [2.75, 3.05) is 0 Å². The van der Waals surface area contributed by atoms with E-state index in [1.807, 2.05) is 13.8 Å². The summed E-state index contributed by atoms with van der Waals surface area (Å²) in [6.07, 6.45) is 0. The Labute approximate surface area is 144 Å². The number of fused-ring (bicyclic) bond motifs is 2. The molecule has 0 unspecified atom stereocenters. The second-order valence-electron chi connectivity index (χ2n) is 6.26. The molecule has 2 aliphatic heterocycles. The van der Waals surface area contributed by atoms with Crippen LogP contribution in [-0.2, 0) is 22.8 Å². The standard InChI is InChI=1S/C18H16N2O5/c1-18(2)23-10-14-15(25-18)8-7-11(19-14)9-24-20-16(21)12-5-3-4-6-13(12)17(20)22/h3-8H,9-10H2,1-2H3. The Morgan fingerprint density at radius 2 is 1.80 bits per heavy atom. The molecule has 7 nitrogen and oxygen atoms in total. The molecule has 1 aromatic heterocycles. The molecule has 2 aliphatic rings. The van der Waals surface area contributed by atoms with Crippen LogP contribution in [0.15, 0.2) is 36.4 Å². The van der Waals surface area contributed by atoms with Crippen molar-refractivity contribution >= 4 is 11.8 Å². The number of aromatic nitrogens is 1. The van der Waals surface area contributed by atoms with Crippen molar-refractivity contribution in [3.8, 4) is 5.75 Å². The van der Waals surface area contributed by atoms with Crippen molar-refractivity contribution in [1.29, 1.82) is 0 Å². The molecule has 2 amide bonds. The second kappa shape index (κ2) is 5.65. The number of rotatable bonds is 3. The van der Waals surface area contributed by atoms with Gasteiger partial charge in [-0.25, -0.2) is 4.98 Å². The normalized spacial score (nSPS) is 17.9. The molecule has 7 heteroatoms. The minimum absolute atomic E-state index is 0.0118. The van der Waals surface area contributed by atoms with E-state index < -0.39 is 17.6 Å². The van der Waals surface area contributed by atoms with Crippen LogP contribution in [0.1, 0.15) is 46.0 Å². The summed E-state index contributed by atoms with van der Waals surface area (Å²) in [4.78, 5) is 34.3. The predicted octanol–water partition coefficient (Wildman–Crippen LogP) is 2.45. The van der Waals surface area contributed by atoms with Crippen LogP contribution in [0, 0.1) is 0 Å². The fourth-order valence-electron chi connectivity index (χ4n) is 2.76. The fraction of sp³-hybridized carbons (Fsp3) is 0.278. The first-order valence-corrected chi connectivity index (χ1v) is 7.87. The highest BCUT2D eigenvalue weighted by Gasteiger charge is 2.36. The SMILES string of the molecule is CC1(C)OCc2nc(CON3C(=O)c4ccccc4C3=O)ccc2O1. The summed E-state index contributed by atoms with van der Waals surface area (Å²) in [7, 11) is 0. The van der Waals surface area contributed by atoms with Crippen LogP contribution < -0.4 is 4.74 Å². The van der Waals surface area contributed by atoms with Gasteiger partial charge in [0, 0.05) is 13.8 Å². The summed E-state index contributed by atoms with van der Waals surface area (Å²) in [6.45, 7) is 3.97. The number of ether oxygens (including phenoxy) is 2. The Balaban J connectivity index is 1.48. The maximum absolute atomic E-state index is 12.3. The maximum Gasteiger partial charge on any atom is 0.285 e. The van der Waals surface area contributed by atoms with Crippen molar-refractivity contribution in [3.05, 3.63) is 58.9 Å². The topological polar surface area (TPSA) is 78.0 Å². The predicted molar refractivity (Wildman–Crippen MR) is 85.5 cm³/mol. The van der Waals surface area contributed by atoms with E-state index in [4.69, 9.17) is 14.3 Å². The highest BCUT2D eigenvalue weighted by atomic mass is 16.7. The monoisotopic (exact) mass is 340 g/mol. The first kappa shape index (κ1) is 15.7. The molecule has 0 saturated heterocycles. The van der Waals surface area contributed by atoms with Crippen LogP contribution in [0.3, 0.4) is 0 Å². The maximum atomic E-state index is 12.3. The molecule has 1 aromatic carbocycles. The average Bonchev–Trinajstić information content (AvgIpc) is 2.84. The van der Waals surface area contributed by atoms with Gasteiger partial charge in [-0.3, -0.25) is 14.4 Å². The lowest BCUT2D eigenvalue weighted by Gasteiger charge is -2.32. The van der Waals surface area contributed by atoms with Crippen molar-refractivity contribution in [1.82, 2.24) is 10.0 Å². The minimum atomic E-state index is -0.688. The van der Waals surface area contributed by atoms with Crippen molar-refractivity contribution in [2.24, 2.45) is 0 Å². The zero-order chi connectivity index (χ0) is 17.6. The van der Waals surface area contributed by atoms with Gasteiger partial charge in [-0.05, 0) is 24.3 Å². The van der Waals surface area contributed by atoms with Crippen LogP contribution in [0.2, 0.25) is 0 Å². The molecular formula is C18H16N2O5. The molecule has 4 rings (SSSR count). The van der Waals surface area contributed by atoms with Gasteiger partial charge < -0.3 is 9.47 Å². The van der Waals surface area contributed by atoms with E-state index in [9.17, 15) is 9.59 Å². The quantitative estimate of drug-likeness (QED) is 0.799. The first-order valence-electron chi connectivity index (χ1n) is 7.87. The Bertz CT molecular complexity index is 843. The molecule has 0 fully saturated rings. The van der Waals surface area contributed by atoms with Gasteiger partial charge in [-0.15, -0.1) is 5.06 Å². The molecule has 0 atom stereocenters. The lowest BCUT2D eigenvalue weighted by atomic mass is 10.1. The molecule has 0 saturated carbocycles. The minimum Gasteiger partial charge on any atom is -0.461 e. The van der Waals surface area contributed by atoms with E-state index in [1.165, 1.54) is 0 Å². The molecule has 0 aliphatic carbocycles. The van der Waals surface area contributed by atoms with Gasteiger partial charge in [0.2, 0.25) is 5.79 Å². The first-order chi connectivity index (χ1) is 11.9. The largest absolute Gasteiger partial charge is 0.461 e. The molecule has 3 heterocycles. The summed E-state index contributed by atoms with van der Waals surface area (Å²) >= 11 is 0. The lowest BCUT2D eigenvalue weighted by molar-refractivity contribution is -0.181. The van der Waals surface area contributed by atoms with Crippen molar-refractivity contribution < 1.29 is 23.9 Å². The smallest absolute Gasteiger partial charge is 0.285 e. The average molecular weight is 340 g/mol. The van der Waals surface area contributed by atoms with E-state index >= 15 is 0 Å². The van der Waals surface area contributed by atoms with Gasteiger partial charge in [0.25, 0.3) is 11.8 Å². The van der Waals surface area contributed by atoms with Gasteiger partial charge in [-0.1, -0.05) is 12.1 Å². The number of carbonyl (C=O) groups is 2. The number of imide groups is 1. The van der Waals surface area contributed by atoms with Crippen molar-refractivity contribution in [2.45, 2.75) is 32.8 Å². The lowest BCUT2D eigenvalue weighted by Crippen LogP contribution is -2.35. The number of amides is 2. The van der Waals surface area contributed by atoms with E-state index in [0.717, 1.165) is 5.06 Å². The van der Waals surface area contributed by atoms with Crippen molar-refractivity contribution in [3.63, 3.8) is 0 Å². The molecule has 2 aromatic rings. The number of nitrogens with zero attached hydrogens (tertiary/aromatic N) is 2. The van der Waals surface area contributed by atoms with Gasteiger partial charge in [0.15, 0.2) is 0 Å². The Morgan fingerprint density at radius 3 is 2.48 bits per heavy atom. The summed E-state index contributed by atoms with van der Waals surface area (Å²) in [5, 5.41) is 0.780. The van der Waals surface area contributed by atoms with Crippen LogP contribution in [-0.4, -0.2) is 27.6 Å². The summed E-state index contributed by atoms with van der Waals surface area (Å²) < 4.78 is 11.2. The van der Waals surface area contributed by atoms with E-state index in [1.54, 1.807) is 36.4 Å². The number of hydrogen-bond donors (Lipinski definition) is 0. The van der Waals surface area contributed by atoms with Crippen LogP contribution in [0.4, 0.5) is 0 Å². The molecule has 0 bridgehead atoms. The fourth-order valence-corrected chi connectivity index (χ4v) is 2.76. The van der Waals surface area contributed by atoms with Crippen LogP contribution >= 0.6 is 0 Å². The Morgan fingerprint density at radius 1 is 1.12 bits per heavy atom. The van der Waals surface area contributed by atoms with Crippen LogP contribution in [0.5, 0.6) is 5.75 Å². The highest BCUT2D eigenvalue weighted by molar-refractivity contribution is 6.20.